The van der Waals surface area contributed by atoms with Gasteiger partial charge in [0.05, 0.1) is 10.3 Å². The summed E-state index contributed by atoms with van der Waals surface area (Å²) >= 11 is 4.96. The van der Waals surface area contributed by atoms with Gasteiger partial charge in [0.15, 0.2) is 0 Å². The summed E-state index contributed by atoms with van der Waals surface area (Å²) in [5.74, 6) is 0.872. The van der Waals surface area contributed by atoms with Crippen molar-refractivity contribution >= 4 is 37.7 Å². The van der Waals surface area contributed by atoms with Crippen LogP contribution >= 0.6 is 27.7 Å². The number of nitrogens with zero attached hydrogens (tertiary/aromatic N) is 1. The van der Waals surface area contributed by atoms with Crippen LogP contribution < -0.4 is 0 Å². The van der Waals surface area contributed by atoms with E-state index >= 15 is 0 Å². The van der Waals surface area contributed by atoms with Crippen LogP contribution in [0.5, 0.6) is 0 Å². The molecule has 1 aromatic rings. The summed E-state index contributed by atoms with van der Waals surface area (Å²) in [4.78, 5) is 0.366. The zero-order valence-corrected chi connectivity index (χ0v) is 12.0. The van der Waals surface area contributed by atoms with Gasteiger partial charge in [0.25, 0.3) is 0 Å². The number of halogens is 1. The first-order chi connectivity index (χ1) is 7.51. The lowest BCUT2D eigenvalue weighted by molar-refractivity contribution is 0.442. The highest BCUT2D eigenvalue weighted by atomic mass is 79.9. The molecule has 0 bridgehead atoms. The van der Waals surface area contributed by atoms with E-state index in [-0.39, 0.29) is 5.37 Å². The Bertz CT molecular complexity index is 472. The summed E-state index contributed by atoms with van der Waals surface area (Å²) in [6, 6.07) is 6.77. The van der Waals surface area contributed by atoms with Crippen molar-refractivity contribution in [2.24, 2.45) is 0 Å². The highest BCUT2D eigenvalue weighted by Crippen LogP contribution is 2.29. The van der Waals surface area contributed by atoms with Crippen molar-refractivity contribution in [3.8, 4) is 0 Å². The first-order valence-electron chi connectivity index (χ1n) is 4.91. The Morgan fingerprint density at radius 3 is 2.50 bits per heavy atom. The third-order valence-corrected chi connectivity index (χ3v) is 6.30. The minimum atomic E-state index is -3.31. The molecule has 1 aromatic carbocycles. The van der Waals surface area contributed by atoms with E-state index in [1.807, 2.05) is 6.92 Å². The van der Waals surface area contributed by atoms with Gasteiger partial charge in [-0.3, -0.25) is 0 Å². The van der Waals surface area contributed by atoms with Gasteiger partial charge in [-0.2, -0.15) is 4.31 Å². The van der Waals surface area contributed by atoms with Gasteiger partial charge in [0.2, 0.25) is 10.0 Å². The van der Waals surface area contributed by atoms with Crippen molar-refractivity contribution in [2.45, 2.75) is 17.2 Å². The molecule has 1 fully saturated rings. The molecule has 0 unspecified atom stereocenters. The third kappa shape index (κ3) is 2.30. The van der Waals surface area contributed by atoms with Crippen LogP contribution in [0.15, 0.2) is 33.6 Å². The summed E-state index contributed by atoms with van der Waals surface area (Å²) in [5.41, 5.74) is 0. The van der Waals surface area contributed by atoms with E-state index in [1.54, 1.807) is 40.3 Å². The molecule has 0 aromatic heterocycles. The van der Waals surface area contributed by atoms with E-state index in [0.717, 1.165) is 10.2 Å². The molecular formula is C10H12BrNO2S2. The molecule has 0 radical (unpaired) electrons. The van der Waals surface area contributed by atoms with Crippen LogP contribution in [0, 0.1) is 0 Å². The Kier molecular flexibility index (Phi) is 3.63. The minimum Gasteiger partial charge on any atom is -0.207 e. The number of benzene rings is 1. The molecule has 88 valence electrons. The molecule has 1 heterocycles. The molecule has 3 nitrogen and oxygen atoms in total. The second-order valence-corrected chi connectivity index (χ2v) is 7.77. The lowest BCUT2D eigenvalue weighted by Gasteiger charge is -2.19. The van der Waals surface area contributed by atoms with Crippen molar-refractivity contribution in [1.82, 2.24) is 4.31 Å². The molecule has 1 aliphatic heterocycles. The number of hydrogen-bond acceptors (Lipinski definition) is 3. The van der Waals surface area contributed by atoms with Crippen LogP contribution in [0.4, 0.5) is 0 Å². The summed E-state index contributed by atoms with van der Waals surface area (Å²) in [6.45, 7) is 2.53. The van der Waals surface area contributed by atoms with Crippen LogP contribution in [0.25, 0.3) is 0 Å². The average Bonchev–Trinajstić information content (AvgIpc) is 2.66. The molecule has 1 atom stereocenters. The maximum Gasteiger partial charge on any atom is 0.244 e. The van der Waals surface area contributed by atoms with Gasteiger partial charge in [0, 0.05) is 16.8 Å². The van der Waals surface area contributed by atoms with Crippen LogP contribution in [0.1, 0.15) is 6.92 Å². The molecule has 0 spiro atoms. The standard InChI is InChI=1S/C10H12BrNO2S2/c1-8-12(6-7-15-8)16(13,14)10-4-2-9(11)3-5-10/h2-5,8H,6-7H2,1H3/t8-/m0/s1. The van der Waals surface area contributed by atoms with Crippen molar-refractivity contribution in [3.63, 3.8) is 0 Å². The number of hydrogen-bond donors (Lipinski definition) is 0. The SMILES string of the molecule is C[C@@H]1SCCN1S(=O)(=O)c1ccc(Br)cc1. The van der Waals surface area contributed by atoms with E-state index in [1.165, 1.54) is 0 Å². The summed E-state index contributed by atoms with van der Waals surface area (Å²) in [7, 11) is -3.31. The smallest absolute Gasteiger partial charge is 0.207 e. The molecule has 16 heavy (non-hydrogen) atoms. The molecule has 0 saturated carbocycles. The van der Waals surface area contributed by atoms with E-state index < -0.39 is 10.0 Å². The van der Waals surface area contributed by atoms with E-state index in [9.17, 15) is 8.42 Å². The van der Waals surface area contributed by atoms with E-state index in [4.69, 9.17) is 0 Å². The van der Waals surface area contributed by atoms with Crippen LogP contribution in [0.2, 0.25) is 0 Å². The van der Waals surface area contributed by atoms with Crippen molar-refractivity contribution in [1.29, 1.82) is 0 Å². The van der Waals surface area contributed by atoms with Gasteiger partial charge in [-0.05, 0) is 31.2 Å². The lowest BCUT2D eigenvalue weighted by atomic mass is 10.4. The third-order valence-electron chi connectivity index (χ3n) is 2.50. The Balaban J connectivity index is 2.35. The predicted molar refractivity (Wildman–Crippen MR) is 70.0 cm³/mol. The Hall–Kier alpha value is -0.0400. The molecule has 0 N–H and O–H groups in total. The molecule has 1 saturated heterocycles. The zero-order chi connectivity index (χ0) is 11.8. The van der Waals surface area contributed by atoms with Crippen molar-refractivity contribution < 1.29 is 8.42 Å². The van der Waals surface area contributed by atoms with Gasteiger partial charge < -0.3 is 0 Å². The van der Waals surface area contributed by atoms with Gasteiger partial charge >= 0.3 is 0 Å². The molecule has 0 aliphatic carbocycles. The zero-order valence-electron chi connectivity index (χ0n) is 8.76. The quantitative estimate of drug-likeness (QED) is 0.840. The van der Waals surface area contributed by atoms with E-state index in [0.29, 0.717) is 11.4 Å². The van der Waals surface area contributed by atoms with Crippen LogP contribution in [0.3, 0.4) is 0 Å². The fourth-order valence-corrected chi connectivity index (χ4v) is 4.93. The summed E-state index contributed by atoms with van der Waals surface area (Å²) in [5, 5.41) is 0.0358. The first-order valence-corrected chi connectivity index (χ1v) is 8.19. The molecule has 1 aliphatic rings. The lowest BCUT2D eigenvalue weighted by Crippen LogP contribution is -2.33. The largest absolute Gasteiger partial charge is 0.244 e. The van der Waals surface area contributed by atoms with Gasteiger partial charge in [-0.15, -0.1) is 11.8 Å². The summed E-state index contributed by atoms with van der Waals surface area (Å²) in [6.07, 6.45) is 0. The number of sulfonamides is 1. The van der Waals surface area contributed by atoms with Gasteiger partial charge in [-0.25, -0.2) is 8.42 Å². The van der Waals surface area contributed by atoms with Crippen molar-refractivity contribution in [3.05, 3.63) is 28.7 Å². The first kappa shape index (κ1) is 12.4. The van der Waals surface area contributed by atoms with Gasteiger partial charge in [-0.1, -0.05) is 15.9 Å². The highest BCUT2D eigenvalue weighted by Gasteiger charge is 2.32. The maximum atomic E-state index is 12.3. The second-order valence-electron chi connectivity index (χ2n) is 3.54. The highest BCUT2D eigenvalue weighted by molar-refractivity contribution is 9.10. The predicted octanol–water partition coefficient (Wildman–Crippen LogP) is 2.53. The van der Waals surface area contributed by atoms with Gasteiger partial charge in [0.1, 0.15) is 0 Å². The fourth-order valence-electron chi connectivity index (χ4n) is 1.64. The Labute approximate surface area is 108 Å². The van der Waals surface area contributed by atoms with Crippen molar-refractivity contribution in [2.75, 3.05) is 12.3 Å². The minimum absolute atomic E-state index is 0.0358. The van der Waals surface area contributed by atoms with E-state index in [2.05, 4.69) is 15.9 Å². The Morgan fingerprint density at radius 1 is 1.38 bits per heavy atom. The fraction of sp³-hybridized carbons (Fsp3) is 0.400. The Morgan fingerprint density at radius 2 is 2.00 bits per heavy atom. The van der Waals surface area contributed by atoms with Crippen LogP contribution in [-0.2, 0) is 10.0 Å². The topological polar surface area (TPSA) is 37.4 Å². The average molecular weight is 322 g/mol. The summed E-state index contributed by atoms with van der Waals surface area (Å²) < 4.78 is 26.9. The molecule has 2 rings (SSSR count). The number of rotatable bonds is 2. The molecule has 6 heteroatoms. The second kappa shape index (κ2) is 4.68. The normalized spacial score (nSPS) is 22.5. The maximum absolute atomic E-state index is 12.3. The molecule has 0 amide bonds. The monoisotopic (exact) mass is 321 g/mol. The van der Waals surface area contributed by atoms with Crippen LogP contribution in [-0.4, -0.2) is 30.4 Å². The number of thioether (sulfide) groups is 1. The molecular weight excluding hydrogens is 310 g/mol.